The summed E-state index contributed by atoms with van der Waals surface area (Å²) in [7, 11) is 0. The van der Waals surface area contributed by atoms with Crippen molar-refractivity contribution < 1.29 is 14.7 Å². The van der Waals surface area contributed by atoms with Crippen LogP contribution in [0.15, 0.2) is 36.4 Å². The number of anilines is 2. The van der Waals surface area contributed by atoms with Crippen LogP contribution in [0, 0.1) is 6.92 Å². The van der Waals surface area contributed by atoms with Crippen molar-refractivity contribution in [2.75, 3.05) is 11.1 Å². The van der Waals surface area contributed by atoms with E-state index >= 15 is 0 Å². The third kappa shape index (κ3) is 3.32. The fourth-order valence-electron chi connectivity index (χ4n) is 1.84. The molecule has 21 heavy (non-hydrogen) atoms. The molecule has 0 fully saturated rings. The summed E-state index contributed by atoms with van der Waals surface area (Å²) in [5, 5.41) is 12.0. The van der Waals surface area contributed by atoms with Crippen molar-refractivity contribution in [2.45, 2.75) is 6.92 Å². The highest BCUT2D eigenvalue weighted by Crippen LogP contribution is 2.22. The molecule has 0 aliphatic rings. The molecule has 0 aromatic heterocycles. The maximum Gasteiger partial charge on any atom is 0.335 e. The lowest BCUT2D eigenvalue weighted by molar-refractivity contribution is 0.0697. The molecule has 4 N–H and O–H groups in total. The second kappa shape index (κ2) is 5.85. The van der Waals surface area contributed by atoms with Gasteiger partial charge in [0.25, 0.3) is 5.91 Å². The number of aryl methyl sites for hydroxylation is 1. The first-order chi connectivity index (χ1) is 9.88. The molecule has 1 amide bonds. The molecular weight excluding hydrogens is 292 g/mol. The van der Waals surface area contributed by atoms with Gasteiger partial charge in [0, 0.05) is 10.6 Å². The van der Waals surface area contributed by atoms with Gasteiger partial charge in [-0.1, -0.05) is 17.7 Å². The Morgan fingerprint density at radius 3 is 2.52 bits per heavy atom. The molecule has 108 valence electrons. The lowest BCUT2D eigenvalue weighted by Crippen LogP contribution is -2.15. The zero-order valence-corrected chi connectivity index (χ0v) is 11.9. The van der Waals surface area contributed by atoms with Gasteiger partial charge in [-0.25, -0.2) is 4.79 Å². The Morgan fingerprint density at radius 1 is 1.19 bits per heavy atom. The van der Waals surface area contributed by atoms with Gasteiger partial charge in [0.1, 0.15) is 0 Å². The Labute approximate surface area is 126 Å². The number of halogens is 1. The monoisotopic (exact) mass is 304 g/mol. The molecule has 2 aromatic carbocycles. The summed E-state index contributed by atoms with van der Waals surface area (Å²) in [6.07, 6.45) is 0. The maximum atomic E-state index is 12.2. The van der Waals surface area contributed by atoms with Crippen LogP contribution in [0.5, 0.6) is 0 Å². The summed E-state index contributed by atoms with van der Waals surface area (Å²) < 4.78 is 0. The second-order valence-corrected chi connectivity index (χ2v) is 4.96. The van der Waals surface area contributed by atoms with Gasteiger partial charge in [0.05, 0.1) is 16.9 Å². The number of aromatic carboxylic acids is 1. The Hall–Kier alpha value is -2.53. The van der Waals surface area contributed by atoms with E-state index in [0.29, 0.717) is 16.3 Å². The number of nitrogen functional groups attached to an aromatic ring is 1. The van der Waals surface area contributed by atoms with E-state index < -0.39 is 5.97 Å². The number of nitrogens with one attached hydrogen (secondary N) is 1. The molecule has 6 heteroatoms. The topological polar surface area (TPSA) is 92.4 Å². The van der Waals surface area contributed by atoms with E-state index in [9.17, 15) is 9.59 Å². The van der Waals surface area contributed by atoms with Crippen LogP contribution in [-0.4, -0.2) is 17.0 Å². The number of carboxylic acid groups (broad SMARTS) is 1. The average Bonchev–Trinajstić information content (AvgIpc) is 2.43. The van der Waals surface area contributed by atoms with Crippen molar-refractivity contribution in [1.82, 2.24) is 0 Å². The van der Waals surface area contributed by atoms with Gasteiger partial charge in [-0.05, 0) is 42.8 Å². The van der Waals surface area contributed by atoms with Crippen LogP contribution in [-0.2, 0) is 0 Å². The van der Waals surface area contributed by atoms with Crippen LogP contribution >= 0.6 is 11.6 Å². The SMILES string of the molecule is Cc1ccc(Cl)cc1C(=O)Nc1ccc(C(=O)O)cc1N. The number of hydrogen-bond acceptors (Lipinski definition) is 3. The van der Waals surface area contributed by atoms with Crippen LogP contribution in [0.4, 0.5) is 11.4 Å². The summed E-state index contributed by atoms with van der Waals surface area (Å²) in [6, 6.07) is 9.13. The molecule has 0 aliphatic heterocycles. The Bertz CT molecular complexity index is 729. The van der Waals surface area contributed by atoms with Crippen molar-refractivity contribution in [1.29, 1.82) is 0 Å². The summed E-state index contributed by atoms with van der Waals surface area (Å²) in [5.41, 5.74) is 7.55. The van der Waals surface area contributed by atoms with Crippen LogP contribution in [0.2, 0.25) is 5.02 Å². The largest absolute Gasteiger partial charge is 0.478 e. The zero-order chi connectivity index (χ0) is 15.6. The molecule has 0 bridgehead atoms. The van der Waals surface area contributed by atoms with Gasteiger partial charge in [-0.15, -0.1) is 0 Å². The minimum atomic E-state index is -1.08. The molecule has 0 unspecified atom stereocenters. The van der Waals surface area contributed by atoms with E-state index in [1.54, 1.807) is 25.1 Å². The predicted molar refractivity (Wildman–Crippen MR) is 82.0 cm³/mol. The summed E-state index contributed by atoms with van der Waals surface area (Å²) >= 11 is 5.88. The number of amides is 1. The van der Waals surface area contributed by atoms with Gasteiger partial charge in [0.2, 0.25) is 0 Å². The lowest BCUT2D eigenvalue weighted by atomic mass is 10.1. The average molecular weight is 305 g/mol. The molecule has 2 rings (SSSR count). The first kappa shape index (κ1) is 14.9. The van der Waals surface area contributed by atoms with E-state index in [0.717, 1.165) is 5.56 Å². The summed E-state index contributed by atoms with van der Waals surface area (Å²) in [6.45, 7) is 1.79. The van der Waals surface area contributed by atoms with E-state index in [1.165, 1.54) is 18.2 Å². The van der Waals surface area contributed by atoms with Gasteiger partial charge in [-0.3, -0.25) is 4.79 Å². The third-order valence-corrected chi connectivity index (χ3v) is 3.23. The van der Waals surface area contributed by atoms with Crippen LogP contribution in [0.25, 0.3) is 0 Å². The molecule has 0 atom stereocenters. The highest BCUT2D eigenvalue weighted by Gasteiger charge is 2.12. The Balaban J connectivity index is 2.27. The van der Waals surface area contributed by atoms with Crippen molar-refractivity contribution >= 4 is 34.9 Å². The number of hydrogen-bond donors (Lipinski definition) is 3. The van der Waals surface area contributed by atoms with Crippen molar-refractivity contribution in [3.05, 3.63) is 58.1 Å². The minimum Gasteiger partial charge on any atom is -0.478 e. The van der Waals surface area contributed by atoms with Gasteiger partial charge in [0.15, 0.2) is 0 Å². The van der Waals surface area contributed by atoms with E-state index in [-0.39, 0.29) is 17.2 Å². The summed E-state index contributed by atoms with van der Waals surface area (Å²) in [5.74, 6) is -1.44. The molecule has 0 aliphatic carbocycles. The van der Waals surface area contributed by atoms with Crippen molar-refractivity contribution in [3.63, 3.8) is 0 Å². The number of rotatable bonds is 3. The van der Waals surface area contributed by atoms with Crippen molar-refractivity contribution in [3.8, 4) is 0 Å². The number of nitrogens with two attached hydrogens (primary N) is 1. The number of benzene rings is 2. The smallest absolute Gasteiger partial charge is 0.335 e. The standard InChI is InChI=1S/C15H13ClN2O3/c1-8-2-4-10(16)7-11(8)14(19)18-13-5-3-9(15(20)21)6-12(13)17/h2-7H,17H2,1H3,(H,18,19)(H,20,21). The van der Waals surface area contributed by atoms with E-state index in [1.807, 2.05) is 0 Å². The fraction of sp³-hybridized carbons (Fsp3) is 0.0667. The first-order valence-electron chi connectivity index (χ1n) is 6.09. The van der Waals surface area contributed by atoms with Crippen LogP contribution in [0.1, 0.15) is 26.3 Å². The van der Waals surface area contributed by atoms with Crippen LogP contribution < -0.4 is 11.1 Å². The van der Waals surface area contributed by atoms with E-state index in [4.69, 9.17) is 22.4 Å². The first-order valence-corrected chi connectivity index (χ1v) is 6.46. The van der Waals surface area contributed by atoms with Gasteiger partial charge in [-0.2, -0.15) is 0 Å². The molecule has 2 aromatic rings. The molecule has 0 spiro atoms. The maximum absolute atomic E-state index is 12.2. The Kier molecular flexibility index (Phi) is 4.14. The van der Waals surface area contributed by atoms with Gasteiger partial charge >= 0.3 is 5.97 Å². The molecule has 0 saturated heterocycles. The molecule has 0 heterocycles. The van der Waals surface area contributed by atoms with Crippen molar-refractivity contribution in [2.24, 2.45) is 0 Å². The number of carbonyl (C=O) groups is 2. The lowest BCUT2D eigenvalue weighted by Gasteiger charge is -2.10. The van der Waals surface area contributed by atoms with Gasteiger partial charge < -0.3 is 16.2 Å². The highest BCUT2D eigenvalue weighted by atomic mass is 35.5. The summed E-state index contributed by atoms with van der Waals surface area (Å²) in [4.78, 5) is 23.0. The molecule has 5 nitrogen and oxygen atoms in total. The molecule has 0 radical (unpaired) electrons. The molecular formula is C15H13ClN2O3. The second-order valence-electron chi connectivity index (χ2n) is 4.52. The normalized spacial score (nSPS) is 10.2. The highest BCUT2D eigenvalue weighted by molar-refractivity contribution is 6.31. The quantitative estimate of drug-likeness (QED) is 0.759. The van der Waals surface area contributed by atoms with E-state index in [2.05, 4.69) is 5.32 Å². The third-order valence-electron chi connectivity index (χ3n) is 2.99. The number of carbonyl (C=O) groups excluding carboxylic acids is 1. The van der Waals surface area contributed by atoms with Crippen LogP contribution in [0.3, 0.4) is 0 Å². The number of carboxylic acids is 1. The molecule has 0 saturated carbocycles. The predicted octanol–water partition coefficient (Wildman–Crippen LogP) is 3.18. The Morgan fingerprint density at radius 2 is 1.90 bits per heavy atom. The fourth-order valence-corrected chi connectivity index (χ4v) is 2.01. The minimum absolute atomic E-state index is 0.0597. The zero-order valence-electron chi connectivity index (χ0n) is 11.2.